The molecule has 0 aromatic rings. The molecule has 3 aliphatic rings. The summed E-state index contributed by atoms with van der Waals surface area (Å²) in [4.78, 5) is 0. The van der Waals surface area contributed by atoms with Crippen LogP contribution in [-0.4, -0.2) is 36.6 Å². The van der Waals surface area contributed by atoms with Crippen molar-refractivity contribution >= 4 is 0 Å². The molecule has 0 aliphatic carbocycles. The molecule has 4 unspecified atom stereocenters. The van der Waals surface area contributed by atoms with Crippen molar-refractivity contribution in [1.82, 2.24) is 0 Å². The van der Waals surface area contributed by atoms with Crippen LogP contribution < -0.4 is 0 Å². The predicted molar refractivity (Wildman–Crippen MR) is 60.2 cm³/mol. The van der Waals surface area contributed by atoms with Crippen LogP contribution in [-0.2, 0) is 9.47 Å². The second-order valence-corrected chi connectivity index (χ2v) is 5.63. The van der Waals surface area contributed by atoms with Crippen molar-refractivity contribution in [2.24, 2.45) is 11.8 Å². The van der Waals surface area contributed by atoms with Crippen molar-refractivity contribution in [1.29, 1.82) is 0 Å². The Bertz CT molecular complexity index is 237. The molecule has 0 amide bonds. The van der Waals surface area contributed by atoms with Gasteiger partial charge in [0, 0.05) is 19.1 Å². The van der Waals surface area contributed by atoms with Crippen molar-refractivity contribution in [3.63, 3.8) is 0 Å². The minimum Gasteiger partial charge on any atom is -0.393 e. The second-order valence-electron chi connectivity index (χ2n) is 5.63. The Morgan fingerprint density at radius 3 is 2.56 bits per heavy atom. The van der Waals surface area contributed by atoms with Crippen LogP contribution in [0.25, 0.3) is 0 Å². The Balaban J connectivity index is 1.51. The number of rotatable bonds is 3. The third-order valence-corrected chi connectivity index (χ3v) is 4.56. The van der Waals surface area contributed by atoms with Crippen molar-refractivity contribution < 1.29 is 14.6 Å². The highest BCUT2D eigenvalue weighted by molar-refractivity contribution is 4.93. The van der Waals surface area contributed by atoms with Crippen molar-refractivity contribution in [3.05, 3.63) is 0 Å². The molecule has 0 saturated carbocycles. The van der Waals surface area contributed by atoms with Gasteiger partial charge in [0.1, 0.15) is 0 Å². The highest BCUT2D eigenvalue weighted by Gasteiger charge is 2.44. The lowest BCUT2D eigenvalue weighted by molar-refractivity contribution is 0.00789. The molecule has 4 atom stereocenters. The quantitative estimate of drug-likeness (QED) is 0.796. The molecule has 3 aliphatic heterocycles. The topological polar surface area (TPSA) is 38.7 Å². The maximum absolute atomic E-state index is 10.3. The largest absolute Gasteiger partial charge is 0.393 e. The van der Waals surface area contributed by atoms with Gasteiger partial charge in [0.05, 0.1) is 18.3 Å². The van der Waals surface area contributed by atoms with E-state index < -0.39 is 0 Å². The average molecular weight is 226 g/mol. The predicted octanol–water partition coefficient (Wildman–Crippen LogP) is 1.73. The summed E-state index contributed by atoms with van der Waals surface area (Å²) in [6.07, 6.45) is 7.36. The maximum atomic E-state index is 10.3. The van der Waals surface area contributed by atoms with Crippen LogP contribution in [0.4, 0.5) is 0 Å². The van der Waals surface area contributed by atoms with E-state index in [4.69, 9.17) is 9.47 Å². The smallest absolute Gasteiger partial charge is 0.0633 e. The van der Waals surface area contributed by atoms with Crippen molar-refractivity contribution in [2.75, 3.05) is 13.2 Å². The first-order valence-corrected chi connectivity index (χ1v) is 6.74. The molecule has 3 saturated heterocycles. The average Bonchev–Trinajstić information content (AvgIpc) is 2.92. The van der Waals surface area contributed by atoms with Gasteiger partial charge >= 0.3 is 0 Å². The molecule has 3 rings (SSSR count). The van der Waals surface area contributed by atoms with Crippen LogP contribution in [0.2, 0.25) is 0 Å². The highest BCUT2D eigenvalue weighted by Crippen LogP contribution is 2.42. The summed E-state index contributed by atoms with van der Waals surface area (Å²) in [7, 11) is 0. The fourth-order valence-corrected chi connectivity index (χ4v) is 3.58. The van der Waals surface area contributed by atoms with Crippen molar-refractivity contribution in [2.45, 2.75) is 56.8 Å². The van der Waals surface area contributed by atoms with Gasteiger partial charge in [0.2, 0.25) is 0 Å². The zero-order chi connectivity index (χ0) is 11.0. The van der Waals surface area contributed by atoms with Crippen LogP contribution in [0.5, 0.6) is 0 Å². The number of hydrogen-bond donors (Lipinski definition) is 1. The summed E-state index contributed by atoms with van der Waals surface area (Å²) in [5, 5.41) is 10.3. The lowest BCUT2D eigenvalue weighted by Crippen LogP contribution is -2.32. The first-order chi connectivity index (χ1) is 7.83. The van der Waals surface area contributed by atoms with E-state index in [0.29, 0.717) is 24.0 Å². The van der Waals surface area contributed by atoms with Gasteiger partial charge in [-0.2, -0.15) is 0 Å². The number of aliphatic hydroxyl groups is 1. The van der Waals surface area contributed by atoms with Crippen LogP contribution in [0.15, 0.2) is 0 Å². The van der Waals surface area contributed by atoms with Crippen molar-refractivity contribution in [3.8, 4) is 0 Å². The van der Waals surface area contributed by atoms with Crippen LogP contribution in [0, 0.1) is 11.8 Å². The third-order valence-electron chi connectivity index (χ3n) is 4.56. The first-order valence-electron chi connectivity index (χ1n) is 6.74. The molecule has 3 heterocycles. The van der Waals surface area contributed by atoms with Crippen LogP contribution in [0.1, 0.15) is 38.5 Å². The standard InChI is InChI=1S/C13H22O3/c14-12(7-9-3-5-15-6-4-9)11-8-10-1-2-13(11)16-10/h9-14H,1-8H2. The number of fused-ring (bicyclic) bond motifs is 2. The normalized spacial score (nSPS) is 41.4. The second kappa shape index (κ2) is 4.63. The first kappa shape index (κ1) is 11.0. The molecule has 0 spiro atoms. The molecular weight excluding hydrogens is 204 g/mol. The van der Waals surface area contributed by atoms with E-state index in [0.717, 1.165) is 38.9 Å². The van der Waals surface area contributed by atoms with E-state index in [9.17, 15) is 5.11 Å². The Labute approximate surface area is 97.1 Å². The SMILES string of the molecule is OC(CC1CCOCC1)C1CC2CCC1O2. The van der Waals surface area contributed by atoms with Gasteiger partial charge < -0.3 is 14.6 Å². The summed E-state index contributed by atoms with van der Waals surface area (Å²) in [5.41, 5.74) is 0. The fraction of sp³-hybridized carbons (Fsp3) is 1.00. The highest BCUT2D eigenvalue weighted by atomic mass is 16.5. The maximum Gasteiger partial charge on any atom is 0.0633 e. The van der Waals surface area contributed by atoms with Gasteiger partial charge in [-0.25, -0.2) is 0 Å². The molecule has 2 bridgehead atoms. The number of hydrogen-bond acceptors (Lipinski definition) is 3. The molecule has 3 fully saturated rings. The monoisotopic (exact) mass is 226 g/mol. The van der Waals surface area contributed by atoms with E-state index in [2.05, 4.69) is 0 Å². The molecular formula is C13H22O3. The van der Waals surface area contributed by atoms with E-state index in [1.807, 2.05) is 0 Å². The Hall–Kier alpha value is -0.120. The van der Waals surface area contributed by atoms with E-state index >= 15 is 0 Å². The Kier molecular flexibility index (Phi) is 3.18. The molecule has 3 heteroatoms. The van der Waals surface area contributed by atoms with E-state index in [1.165, 1.54) is 12.8 Å². The summed E-state index contributed by atoms with van der Waals surface area (Å²) >= 11 is 0. The minimum absolute atomic E-state index is 0.140. The lowest BCUT2D eigenvalue weighted by Gasteiger charge is -2.29. The number of ether oxygens (including phenoxy) is 2. The molecule has 1 N–H and O–H groups in total. The van der Waals surface area contributed by atoms with Gasteiger partial charge in [-0.1, -0.05) is 0 Å². The van der Waals surface area contributed by atoms with Gasteiger partial charge in [0.25, 0.3) is 0 Å². The Morgan fingerprint density at radius 1 is 1.12 bits per heavy atom. The molecule has 0 aromatic carbocycles. The summed E-state index contributed by atoms with van der Waals surface area (Å²) < 4.78 is 11.2. The minimum atomic E-state index is -0.140. The fourth-order valence-electron chi connectivity index (χ4n) is 3.58. The molecule has 0 radical (unpaired) electrons. The Morgan fingerprint density at radius 2 is 1.94 bits per heavy atom. The summed E-state index contributed by atoms with van der Waals surface area (Å²) in [5.74, 6) is 1.09. The van der Waals surface area contributed by atoms with Gasteiger partial charge in [-0.15, -0.1) is 0 Å². The van der Waals surface area contributed by atoms with Crippen LogP contribution >= 0.6 is 0 Å². The molecule has 16 heavy (non-hydrogen) atoms. The zero-order valence-corrected chi connectivity index (χ0v) is 9.81. The molecule has 3 nitrogen and oxygen atoms in total. The summed E-state index contributed by atoms with van der Waals surface area (Å²) in [6, 6.07) is 0. The van der Waals surface area contributed by atoms with Gasteiger partial charge in [-0.3, -0.25) is 0 Å². The van der Waals surface area contributed by atoms with Gasteiger partial charge in [0.15, 0.2) is 0 Å². The van der Waals surface area contributed by atoms with Crippen LogP contribution in [0.3, 0.4) is 0 Å². The van der Waals surface area contributed by atoms with Gasteiger partial charge in [-0.05, 0) is 44.4 Å². The number of aliphatic hydroxyl groups excluding tert-OH is 1. The lowest BCUT2D eigenvalue weighted by atomic mass is 9.80. The third kappa shape index (κ3) is 2.13. The summed E-state index contributed by atoms with van der Waals surface area (Å²) in [6.45, 7) is 1.76. The van der Waals surface area contributed by atoms with E-state index in [1.54, 1.807) is 0 Å². The molecule has 92 valence electrons. The zero-order valence-electron chi connectivity index (χ0n) is 9.81. The molecule has 0 aromatic heterocycles. The van der Waals surface area contributed by atoms with E-state index in [-0.39, 0.29) is 6.10 Å².